The van der Waals surface area contributed by atoms with Crippen LogP contribution in [0.5, 0.6) is 0 Å². The molecule has 0 aromatic heterocycles. The molecule has 0 aromatic carbocycles. The molecule has 13 heavy (non-hydrogen) atoms. The van der Waals surface area contributed by atoms with Gasteiger partial charge in [0, 0.05) is 4.83 Å². The first-order valence-electron chi connectivity index (χ1n) is 5.47. The fraction of sp³-hybridized carbons (Fsp3) is 1.00. The van der Waals surface area contributed by atoms with Crippen molar-refractivity contribution in [1.82, 2.24) is 0 Å². The molecular weight excluding hydrogens is 224 g/mol. The summed E-state index contributed by atoms with van der Waals surface area (Å²) < 4.78 is 0. The summed E-state index contributed by atoms with van der Waals surface area (Å²) in [5.74, 6) is 0.859. The number of rotatable bonds is 6. The molecule has 0 saturated carbocycles. The van der Waals surface area contributed by atoms with Gasteiger partial charge in [-0.05, 0) is 24.2 Å². The average molecular weight is 249 g/mol. The molecular formula is C12H25Br. The molecule has 0 rings (SSSR count). The highest BCUT2D eigenvalue weighted by molar-refractivity contribution is 9.09. The highest BCUT2D eigenvalue weighted by atomic mass is 79.9. The van der Waals surface area contributed by atoms with E-state index in [1.54, 1.807) is 0 Å². The van der Waals surface area contributed by atoms with Crippen LogP contribution in [0.3, 0.4) is 0 Å². The van der Waals surface area contributed by atoms with Gasteiger partial charge < -0.3 is 0 Å². The Balaban J connectivity index is 3.62. The van der Waals surface area contributed by atoms with Crippen LogP contribution >= 0.6 is 15.9 Å². The Morgan fingerprint density at radius 2 is 1.69 bits per heavy atom. The third-order valence-electron chi connectivity index (χ3n) is 2.47. The molecule has 0 aliphatic carbocycles. The molecule has 0 bridgehead atoms. The summed E-state index contributed by atoms with van der Waals surface area (Å²) in [4.78, 5) is 0.654. The third-order valence-corrected chi connectivity index (χ3v) is 2.79. The Bertz CT molecular complexity index is 125. The number of alkyl halides is 1. The molecule has 0 aromatic rings. The minimum atomic E-state index is 0.512. The first-order chi connectivity index (χ1) is 5.83. The van der Waals surface area contributed by atoms with Crippen LogP contribution < -0.4 is 0 Å². The quantitative estimate of drug-likeness (QED) is 0.580. The minimum Gasteiger partial charge on any atom is -0.0893 e. The molecule has 0 N–H and O–H groups in total. The molecule has 0 spiro atoms. The third kappa shape index (κ3) is 8.80. The van der Waals surface area contributed by atoms with Crippen molar-refractivity contribution in [2.45, 2.75) is 65.1 Å². The molecule has 0 fully saturated rings. The van der Waals surface area contributed by atoms with Gasteiger partial charge in [-0.3, -0.25) is 0 Å². The summed E-state index contributed by atoms with van der Waals surface area (Å²) in [5.41, 5.74) is 0.512. The lowest BCUT2D eigenvalue weighted by Gasteiger charge is -2.26. The highest BCUT2D eigenvalue weighted by Gasteiger charge is 2.19. The predicted octanol–water partition coefficient (Wildman–Crippen LogP) is 5.01. The van der Waals surface area contributed by atoms with Gasteiger partial charge in [0.05, 0.1) is 0 Å². The van der Waals surface area contributed by atoms with E-state index in [1.807, 2.05) is 0 Å². The number of hydrogen-bond donors (Lipinski definition) is 0. The molecule has 1 atom stereocenters. The summed E-state index contributed by atoms with van der Waals surface area (Å²) in [5, 5.41) is 0. The van der Waals surface area contributed by atoms with E-state index < -0.39 is 0 Å². The van der Waals surface area contributed by atoms with Gasteiger partial charge in [-0.25, -0.2) is 0 Å². The van der Waals surface area contributed by atoms with Crippen LogP contribution in [-0.4, -0.2) is 4.83 Å². The SMILES string of the molecule is CC(C)CCCC(C)(C)CC(C)Br. The van der Waals surface area contributed by atoms with Crippen LogP contribution in [0.2, 0.25) is 0 Å². The Hall–Kier alpha value is 0.480. The summed E-state index contributed by atoms with van der Waals surface area (Å²) in [6, 6.07) is 0. The van der Waals surface area contributed by atoms with E-state index in [0.717, 1.165) is 5.92 Å². The van der Waals surface area contributed by atoms with Crippen LogP contribution in [0.4, 0.5) is 0 Å². The first kappa shape index (κ1) is 13.5. The Labute approximate surface area is 92.6 Å². The Morgan fingerprint density at radius 3 is 2.08 bits per heavy atom. The number of halogens is 1. The molecule has 0 radical (unpaired) electrons. The molecule has 80 valence electrons. The minimum absolute atomic E-state index is 0.512. The zero-order chi connectivity index (χ0) is 10.5. The van der Waals surface area contributed by atoms with Gasteiger partial charge in [-0.1, -0.05) is 63.4 Å². The fourth-order valence-corrected chi connectivity index (χ4v) is 2.73. The summed E-state index contributed by atoms with van der Waals surface area (Å²) in [7, 11) is 0. The van der Waals surface area contributed by atoms with E-state index in [-0.39, 0.29) is 0 Å². The van der Waals surface area contributed by atoms with Gasteiger partial charge in [-0.2, -0.15) is 0 Å². The smallest absolute Gasteiger partial charge is 0.0122 e. The molecule has 0 nitrogen and oxygen atoms in total. The number of hydrogen-bond acceptors (Lipinski definition) is 0. The van der Waals surface area contributed by atoms with E-state index in [2.05, 4.69) is 50.5 Å². The van der Waals surface area contributed by atoms with Gasteiger partial charge >= 0.3 is 0 Å². The molecule has 0 heterocycles. The topological polar surface area (TPSA) is 0 Å². The van der Waals surface area contributed by atoms with Gasteiger partial charge in [-0.15, -0.1) is 0 Å². The normalized spacial score (nSPS) is 15.0. The van der Waals surface area contributed by atoms with E-state index in [9.17, 15) is 0 Å². The maximum absolute atomic E-state index is 3.63. The Morgan fingerprint density at radius 1 is 1.15 bits per heavy atom. The van der Waals surface area contributed by atoms with Crippen LogP contribution in [0.1, 0.15) is 60.3 Å². The molecule has 1 heteroatoms. The zero-order valence-corrected chi connectivity index (χ0v) is 11.4. The zero-order valence-electron chi connectivity index (χ0n) is 9.86. The van der Waals surface area contributed by atoms with Gasteiger partial charge in [0.15, 0.2) is 0 Å². The van der Waals surface area contributed by atoms with Crippen molar-refractivity contribution in [2.24, 2.45) is 11.3 Å². The fourth-order valence-electron chi connectivity index (χ4n) is 1.85. The highest BCUT2D eigenvalue weighted by Crippen LogP contribution is 2.31. The van der Waals surface area contributed by atoms with Crippen LogP contribution in [0.25, 0.3) is 0 Å². The molecule has 0 aliphatic rings. The van der Waals surface area contributed by atoms with Gasteiger partial charge in [0.1, 0.15) is 0 Å². The first-order valence-corrected chi connectivity index (χ1v) is 6.39. The van der Waals surface area contributed by atoms with Crippen molar-refractivity contribution < 1.29 is 0 Å². The second-order valence-corrected chi connectivity index (χ2v) is 7.00. The lowest BCUT2D eigenvalue weighted by molar-refractivity contribution is 0.290. The van der Waals surface area contributed by atoms with Crippen LogP contribution in [0, 0.1) is 11.3 Å². The summed E-state index contributed by atoms with van der Waals surface area (Å²) in [6.45, 7) is 11.6. The molecule has 0 aliphatic heterocycles. The monoisotopic (exact) mass is 248 g/mol. The van der Waals surface area contributed by atoms with E-state index >= 15 is 0 Å². The van der Waals surface area contributed by atoms with Gasteiger partial charge in [0.25, 0.3) is 0 Å². The summed E-state index contributed by atoms with van der Waals surface area (Å²) in [6.07, 6.45) is 5.40. The van der Waals surface area contributed by atoms with Crippen LogP contribution in [-0.2, 0) is 0 Å². The van der Waals surface area contributed by atoms with E-state index in [4.69, 9.17) is 0 Å². The Kier molecular flexibility index (Phi) is 6.28. The van der Waals surface area contributed by atoms with Crippen molar-refractivity contribution in [3.63, 3.8) is 0 Å². The van der Waals surface area contributed by atoms with Crippen molar-refractivity contribution in [3.05, 3.63) is 0 Å². The van der Waals surface area contributed by atoms with E-state index in [1.165, 1.54) is 25.7 Å². The largest absolute Gasteiger partial charge is 0.0893 e. The van der Waals surface area contributed by atoms with Crippen molar-refractivity contribution in [2.75, 3.05) is 0 Å². The molecule has 0 saturated heterocycles. The van der Waals surface area contributed by atoms with Crippen molar-refractivity contribution >= 4 is 15.9 Å². The predicted molar refractivity (Wildman–Crippen MR) is 65.5 cm³/mol. The maximum atomic E-state index is 3.63. The van der Waals surface area contributed by atoms with E-state index in [0.29, 0.717) is 10.2 Å². The maximum Gasteiger partial charge on any atom is 0.0122 e. The lowest BCUT2D eigenvalue weighted by atomic mass is 9.82. The molecule has 0 amide bonds. The van der Waals surface area contributed by atoms with Crippen molar-refractivity contribution in [1.29, 1.82) is 0 Å². The van der Waals surface area contributed by atoms with Gasteiger partial charge in [0.2, 0.25) is 0 Å². The van der Waals surface area contributed by atoms with Crippen LogP contribution in [0.15, 0.2) is 0 Å². The average Bonchev–Trinajstić information content (AvgIpc) is 1.81. The second-order valence-electron chi connectivity index (χ2n) is 5.44. The summed E-state index contributed by atoms with van der Waals surface area (Å²) >= 11 is 3.63. The second kappa shape index (κ2) is 6.06. The molecule has 1 unspecified atom stereocenters. The standard InChI is InChI=1S/C12H25Br/c1-10(2)7-6-8-12(4,5)9-11(3)13/h10-11H,6-9H2,1-5H3. The lowest BCUT2D eigenvalue weighted by Crippen LogP contribution is -2.15. The van der Waals surface area contributed by atoms with Crippen molar-refractivity contribution in [3.8, 4) is 0 Å².